The minimum absolute atomic E-state index is 0. The summed E-state index contributed by atoms with van der Waals surface area (Å²) >= 11 is 0. The molecule has 15 heavy (non-hydrogen) atoms. The third kappa shape index (κ3) is 2.83. The summed E-state index contributed by atoms with van der Waals surface area (Å²) in [6, 6.07) is 3.76. The van der Waals surface area contributed by atoms with Crippen LogP contribution in [0.15, 0.2) is 12.1 Å². The second-order valence-corrected chi connectivity index (χ2v) is 3.41. The average molecular weight is 229 g/mol. The van der Waals surface area contributed by atoms with Crippen LogP contribution in [0.5, 0.6) is 0 Å². The summed E-state index contributed by atoms with van der Waals surface area (Å²) in [6.45, 7) is 0.927. The van der Waals surface area contributed by atoms with Crippen molar-refractivity contribution in [2.24, 2.45) is 0 Å². The maximum Gasteiger partial charge on any atom is 0.309 e. The maximum absolute atomic E-state index is 10.5. The highest BCUT2D eigenvalue weighted by molar-refractivity contribution is 5.85. The van der Waals surface area contributed by atoms with Crippen LogP contribution in [-0.2, 0) is 17.6 Å². The minimum atomic E-state index is -0.840. The van der Waals surface area contributed by atoms with E-state index in [2.05, 4.69) is 10.3 Å². The van der Waals surface area contributed by atoms with E-state index >= 15 is 0 Å². The molecule has 1 aliphatic heterocycles. The van der Waals surface area contributed by atoms with Crippen molar-refractivity contribution in [2.45, 2.75) is 19.3 Å². The zero-order valence-electron chi connectivity index (χ0n) is 8.19. The Kier molecular flexibility index (Phi) is 3.91. The van der Waals surface area contributed by atoms with E-state index in [0.29, 0.717) is 5.69 Å². The lowest BCUT2D eigenvalue weighted by Gasteiger charge is -2.16. The number of aromatic nitrogens is 1. The Labute approximate surface area is 94.1 Å². The molecule has 82 valence electrons. The van der Waals surface area contributed by atoms with Crippen molar-refractivity contribution in [1.29, 1.82) is 0 Å². The van der Waals surface area contributed by atoms with Gasteiger partial charge in [-0.1, -0.05) is 6.07 Å². The van der Waals surface area contributed by atoms with Crippen molar-refractivity contribution in [2.75, 3.05) is 11.9 Å². The molecule has 0 fully saturated rings. The predicted octanol–water partition coefficient (Wildman–Crippen LogP) is 1.49. The molecule has 2 heterocycles. The molecule has 5 heteroatoms. The monoisotopic (exact) mass is 228 g/mol. The molecule has 4 nitrogen and oxygen atoms in total. The van der Waals surface area contributed by atoms with E-state index in [4.69, 9.17) is 5.11 Å². The van der Waals surface area contributed by atoms with Gasteiger partial charge in [-0.2, -0.15) is 0 Å². The van der Waals surface area contributed by atoms with Crippen LogP contribution in [-0.4, -0.2) is 22.6 Å². The number of nitrogens with zero attached hydrogens (tertiary/aromatic N) is 1. The van der Waals surface area contributed by atoms with Gasteiger partial charge in [0.05, 0.1) is 12.1 Å². The molecular weight excluding hydrogens is 216 g/mol. The summed E-state index contributed by atoms with van der Waals surface area (Å²) in [7, 11) is 0. The summed E-state index contributed by atoms with van der Waals surface area (Å²) in [5.74, 6) is 0.0169. The van der Waals surface area contributed by atoms with Crippen molar-refractivity contribution >= 4 is 24.2 Å². The van der Waals surface area contributed by atoms with Crippen molar-refractivity contribution in [1.82, 2.24) is 4.98 Å². The first-order valence-electron chi connectivity index (χ1n) is 4.70. The molecular formula is C10H13ClN2O2. The molecule has 2 rings (SSSR count). The third-order valence-electron chi connectivity index (χ3n) is 2.28. The smallest absolute Gasteiger partial charge is 0.309 e. The summed E-state index contributed by atoms with van der Waals surface area (Å²) < 4.78 is 0. The SMILES string of the molecule is Cl.O=C(O)Cc1ccc2c(n1)NCCC2. The quantitative estimate of drug-likeness (QED) is 0.805. The average Bonchev–Trinajstić information content (AvgIpc) is 2.17. The van der Waals surface area contributed by atoms with Crippen molar-refractivity contribution in [3.05, 3.63) is 23.4 Å². The second-order valence-electron chi connectivity index (χ2n) is 3.41. The molecule has 1 aromatic heterocycles. The highest BCUT2D eigenvalue weighted by atomic mass is 35.5. The summed E-state index contributed by atoms with van der Waals surface area (Å²) in [5.41, 5.74) is 1.80. The van der Waals surface area contributed by atoms with E-state index in [1.54, 1.807) is 6.07 Å². The number of halogens is 1. The van der Waals surface area contributed by atoms with Gasteiger partial charge in [0.25, 0.3) is 0 Å². The van der Waals surface area contributed by atoms with Gasteiger partial charge in [0.1, 0.15) is 5.82 Å². The Morgan fingerprint density at radius 2 is 2.33 bits per heavy atom. The third-order valence-corrected chi connectivity index (χ3v) is 2.28. The summed E-state index contributed by atoms with van der Waals surface area (Å²) in [4.78, 5) is 14.7. The fourth-order valence-corrected chi connectivity index (χ4v) is 1.62. The number of fused-ring (bicyclic) bond motifs is 1. The molecule has 0 saturated heterocycles. The van der Waals surface area contributed by atoms with E-state index in [1.165, 1.54) is 5.56 Å². The first-order valence-corrected chi connectivity index (χ1v) is 4.70. The maximum atomic E-state index is 10.5. The highest BCUT2D eigenvalue weighted by Crippen LogP contribution is 2.19. The van der Waals surface area contributed by atoms with Crippen LogP contribution in [0.2, 0.25) is 0 Å². The number of rotatable bonds is 2. The van der Waals surface area contributed by atoms with Crippen LogP contribution in [0.4, 0.5) is 5.82 Å². The minimum Gasteiger partial charge on any atom is -0.481 e. The van der Waals surface area contributed by atoms with Gasteiger partial charge in [-0.25, -0.2) is 4.98 Å². The Hall–Kier alpha value is -1.29. The number of carboxylic acid groups (broad SMARTS) is 1. The first kappa shape index (κ1) is 11.8. The normalized spacial score (nSPS) is 13.3. The molecule has 0 aromatic carbocycles. The van der Waals surface area contributed by atoms with Gasteiger partial charge in [0.15, 0.2) is 0 Å². The molecule has 0 unspecified atom stereocenters. The van der Waals surface area contributed by atoms with Crippen molar-refractivity contribution in [3.8, 4) is 0 Å². The summed E-state index contributed by atoms with van der Waals surface area (Å²) in [5, 5.41) is 11.8. The molecule has 0 saturated carbocycles. The number of anilines is 1. The van der Waals surface area contributed by atoms with Gasteiger partial charge in [-0.3, -0.25) is 4.79 Å². The highest BCUT2D eigenvalue weighted by Gasteiger charge is 2.11. The number of pyridine rings is 1. The van der Waals surface area contributed by atoms with Gasteiger partial charge < -0.3 is 10.4 Å². The zero-order chi connectivity index (χ0) is 9.97. The van der Waals surface area contributed by atoms with E-state index in [9.17, 15) is 4.79 Å². The first-order chi connectivity index (χ1) is 6.75. The number of aryl methyl sites for hydroxylation is 1. The standard InChI is InChI=1S/C10H12N2O2.ClH/c13-9(14)6-8-4-3-7-2-1-5-11-10(7)12-8;/h3-4H,1-2,5-6H2,(H,11,12)(H,13,14);1H. The fraction of sp³-hybridized carbons (Fsp3) is 0.400. The lowest BCUT2D eigenvalue weighted by Crippen LogP contribution is -2.14. The van der Waals surface area contributed by atoms with Gasteiger partial charge in [-0.15, -0.1) is 12.4 Å². The number of nitrogens with one attached hydrogen (secondary N) is 1. The number of carboxylic acids is 1. The van der Waals surface area contributed by atoms with Crippen molar-refractivity contribution in [3.63, 3.8) is 0 Å². The number of aliphatic carboxylic acids is 1. The molecule has 0 amide bonds. The number of carbonyl (C=O) groups is 1. The molecule has 0 atom stereocenters. The number of hydrogen-bond donors (Lipinski definition) is 2. The van der Waals surface area contributed by atoms with Crippen molar-refractivity contribution < 1.29 is 9.90 Å². The van der Waals surface area contributed by atoms with Crippen LogP contribution in [0.3, 0.4) is 0 Å². The molecule has 1 aromatic rings. The van der Waals surface area contributed by atoms with Crippen LogP contribution < -0.4 is 5.32 Å². The van der Waals surface area contributed by atoms with Gasteiger partial charge in [0, 0.05) is 6.54 Å². The molecule has 0 aliphatic carbocycles. The van der Waals surface area contributed by atoms with E-state index < -0.39 is 5.97 Å². The molecule has 0 spiro atoms. The predicted molar refractivity (Wildman–Crippen MR) is 59.6 cm³/mol. The van der Waals surface area contributed by atoms with Gasteiger partial charge in [-0.05, 0) is 24.5 Å². The Morgan fingerprint density at radius 3 is 3.07 bits per heavy atom. The van der Waals surface area contributed by atoms with E-state index in [-0.39, 0.29) is 18.8 Å². The molecule has 1 aliphatic rings. The Morgan fingerprint density at radius 1 is 1.53 bits per heavy atom. The van der Waals surface area contributed by atoms with Crippen LogP contribution in [0, 0.1) is 0 Å². The zero-order valence-corrected chi connectivity index (χ0v) is 9.01. The second kappa shape index (κ2) is 4.98. The topological polar surface area (TPSA) is 62.2 Å². The Bertz CT molecular complexity index is 368. The molecule has 0 radical (unpaired) electrons. The molecule has 0 bridgehead atoms. The molecule has 2 N–H and O–H groups in total. The van der Waals surface area contributed by atoms with Crippen LogP contribution in [0.1, 0.15) is 17.7 Å². The number of hydrogen-bond acceptors (Lipinski definition) is 3. The Balaban J connectivity index is 0.00000112. The van der Waals surface area contributed by atoms with Crippen LogP contribution in [0.25, 0.3) is 0 Å². The lowest BCUT2D eigenvalue weighted by atomic mass is 10.1. The van der Waals surface area contributed by atoms with E-state index in [0.717, 1.165) is 25.2 Å². The van der Waals surface area contributed by atoms with Gasteiger partial charge >= 0.3 is 5.97 Å². The van der Waals surface area contributed by atoms with Crippen LogP contribution >= 0.6 is 12.4 Å². The fourth-order valence-electron chi connectivity index (χ4n) is 1.62. The van der Waals surface area contributed by atoms with Gasteiger partial charge in [0.2, 0.25) is 0 Å². The lowest BCUT2D eigenvalue weighted by molar-refractivity contribution is -0.136. The summed E-state index contributed by atoms with van der Waals surface area (Å²) in [6.07, 6.45) is 2.14. The largest absolute Gasteiger partial charge is 0.481 e. The van der Waals surface area contributed by atoms with E-state index in [1.807, 2.05) is 6.07 Å².